The molecule has 1 N–H and O–H groups in total. The number of unbranched alkanes of at least 4 members (excludes halogenated alkanes) is 2. The molecular formula is C26H30N2O2. The minimum absolute atomic E-state index is 0.0848. The fourth-order valence-electron chi connectivity index (χ4n) is 3.30. The van der Waals surface area contributed by atoms with Gasteiger partial charge in [0.05, 0.1) is 12.2 Å². The molecule has 0 fully saturated rings. The molecule has 4 nitrogen and oxygen atoms in total. The zero-order valence-corrected chi connectivity index (χ0v) is 17.6. The summed E-state index contributed by atoms with van der Waals surface area (Å²) in [5, 5.41) is 2.94. The van der Waals surface area contributed by atoms with Gasteiger partial charge in [-0.05, 0) is 73.9 Å². The van der Waals surface area contributed by atoms with Gasteiger partial charge in [0.2, 0.25) is 0 Å². The molecule has 2 aromatic carbocycles. The number of aromatic nitrogens is 1. The van der Waals surface area contributed by atoms with Crippen molar-refractivity contribution >= 4 is 5.91 Å². The molecule has 0 unspecified atom stereocenters. The first kappa shape index (κ1) is 21.6. The van der Waals surface area contributed by atoms with Gasteiger partial charge in [-0.15, -0.1) is 0 Å². The van der Waals surface area contributed by atoms with Gasteiger partial charge >= 0.3 is 0 Å². The molecule has 1 amide bonds. The lowest BCUT2D eigenvalue weighted by Crippen LogP contribution is -2.25. The number of carbonyl (C=O) groups excluding carboxylic acids is 1. The summed E-state index contributed by atoms with van der Waals surface area (Å²) >= 11 is 0. The number of aryl methyl sites for hydroxylation is 2. The topological polar surface area (TPSA) is 51.2 Å². The monoisotopic (exact) mass is 402 g/mol. The molecule has 1 aromatic heterocycles. The van der Waals surface area contributed by atoms with Crippen molar-refractivity contribution in [2.24, 2.45) is 0 Å². The fourth-order valence-corrected chi connectivity index (χ4v) is 3.30. The summed E-state index contributed by atoms with van der Waals surface area (Å²) in [5.74, 6) is 0.815. The maximum atomic E-state index is 12.1. The fraction of sp³-hybridized carbons (Fsp3) is 0.308. The van der Waals surface area contributed by atoms with Crippen LogP contribution < -0.4 is 10.1 Å². The number of hydrogen-bond donors (Lipinski definition) is 1. The predicted molar refractivity (Wildman–Crippen MR) is 121 cm³/mol. The van der Waals surface area contributed by atoms with Gasteiger partial charge in [0, 0.05) is 18.9 Å². The van der Waals surface area contributed by atoms with Crippen LogP contribution in [0.3, 0.4) is 0 Å². The van der Waals surface area contributed by atoms with Crippen molar-refractivity contribution < 1.29 is 9.53 Å². The number of amides is 1. The molecule has 3 rings (SSSR count). The van der Waals surface area contributed by atoms with Crippen LogP contribution in [0.15, 0.2) is 73.1 Å². The van der Waals surface area contributed by atoms with Crippen LogP contribution in [0.2, 0.25) is 0 Å². The Morgan fingerprint density at radius 1 is 0.900 bits per heavy atom. The van der Waals surface area contributed by atoms with Crippen molar-refractivity contribution in [2.45, 2.75) is 39.0 Å². The number of hydrogen-bond acceptors (Lipinski definition) is 3. The van der Waals surface area contributed by atoms with Gasteiger partial charge in [0.1, 0.15) is 5.75 Å². The minimum Gasteiger partial charge on any atom is -0.494 e. The first-order chi connectivity index (χ1) is 14.7. The molecule has 3 aromatic rings. The first-order valence-electron chi connectivity index (χ1n) is 10.7. The van der Waals surface area contributed by atoms with Crippen LogP contribution in [0.25, 0.3) is 0 Å². The zero-order valence-electron chi connectivity index (χ0n) is 17.6. The number of rotatable bonds is 11. The molecule has 0 aliphatic rings. The lowest BCUT2D eigenvalue weighted by Gasteiger charge is -2.08. The zero-order chi connectivity index (χ0) is 21.0. The van der Waals surface area contributed by atoms with Gasteiger partial charge in [0.25, 0.3) is 5.91 Å². The third-order valence-corrected chi connectivity index (χ3v) is 4.98. The van der Waals surface area contributed by atoms with Crippen LogP contribution in [-0.4, -0.2) is 24.0 Å². The maximum absolute atomic E-state index is 12.1. The number of carbonyl (C=O) groups is 1. The lowest BCUT2D eigenvalue weighted by molar-refractivity contribution is 0.0953. The standard InChI is InChI=1S/C26H30N2O2/c1-21-18-24(20-27-19-21)26(29)28-16-15-23-11-13-25(14-12-23)30-17-7-3-6-10-22-8-4-2-5-9-22/h2,4-5,8-9,11-14,18-20H,3,6-7,10,15-17H2,1H3,(H,28,29). The summed E-state index contributed by atoms with van der Waals surface area (Å²) in [5.41, 5.74) is 4.16. The van der Waals surface area contributed by atoms with Gasteiger partial charge < -0.3 is 10.1 Å². The summed E-state index contributed by atoms with van der Waals surface area (Å²) < 4.78 is 5.85. The molecule has 30 heavy (non-hydrogen) atoms. The molecule has 0 aliphatic heterocycles. The van der Waals surface area contributed by atoms with Gasteiger partial charge in [-0.2, -0.15) is 0 Å². The highest BCUT2D eigenvalue weighted by Gasteiger charge is 2.05. The third kappa shape index (κ3) is 7.36. The molecule has 0 spiro atoms. The van der Waals surface area contributed by atoms with Crippen LogP contribution in [0.5, 0.6) is 5.75 Å². The Labute approximate surface area is 179 Å². The van der Waals surface area contributed by atoms with Crippen molar-refractivity contribution in [2.75, 3.05) is 13.2 Å². The highest BCUT2D eigenvalue weighted by atomic mass is 16.5. The van der Waals surface area contributed by atoms with E-state index in [0.29, 0.717) is 12.1 Å². The molecule has 0 radical (unpaired) electrons. The Hall–Kier alpha value is -3.14. The van der Waals surface area contributed by atoms with Crippen molar-refractivity contribution in [3.05, 3.63) is 95.3 Å². The summed E-state index contributed by atoms with van der Waals surface area (Å²) in [6, 6.07) is 20.6. The van der Waals surface area contributed by atoms with Gasteiger partial charge in [-0.3, -0.25) is 9.78 Å². The average Bonchev–Trinajstić information content (AvgIpc) is 2.78. The Balaban J connectivity index is 1.29. The third-order valence-electron chi connectivity index (χ3n) is 4.98. The van der Waals surface area contributed by atoms with Crippen LogP contribution >= 0.6 is 0 Å². The first-order valence-corrected chi connectivity index (χ1v) is 10.7. The van der Waals surface area contributed by atoms with E-state index in [0.717, 1.165) is 37.2 Å². The molecule has 0 aliphatic carbocycles. The van der Waals surface area contributed by atoms with E-state index in [1.807, 2.05) is 25.1 Å². The summed E-state index contributed by atoms with van der Waals surface area (Å²) in [6.45, 7) is 3.27. The largest absolute Gasteiger partial charge is 0.494 e. The molecular weight excluding hydrogens is 372 g/mol. The highest BCUT2D eigenvalue weighted by molar-refractivity contribution is 5.93. The van der Waals surface area contributed by atoms with E-state index in [2.05, 4.69) is 52.8 Å². The summed E-state index contributed by atoms with van der Waals surface area (Å²) in [6.07, 6.45) is 8.67. The Morgan fingerprint density at radius 3 is 2.43 bits per heavy atom. The van der Waals surface area contributed by atoms with Crippen molar-refractivity contribution in [1.29, 1.82) is 0 Å². The summed E-state index contributed by atoms with van der Waals surface area (Å²) in [4.78, 5) is 16.2. The second kappa shape index (κ2) is 11.8. The molecule has 156 valence electrons. The van der Waals surface area contributed by atoms with Crippen LogP contribution in [0.4, 0.5) is 0 Å². The maximum Gasteiger partial charge on any atom is 0.252 e. The lowest BCUT2D eigenvalue weighted by atomic mass is 10.1. The van der Waals surface area contributed by atoms with E-state index in [-0.39, 0.29) is 5.91 Å². The SMILES string of the molecule is Cc1cncc(C(=O)NCCc2ccc(OCCCCCc3ccccc3)cc2)c1. The average molecular weight is 403 g/mol. The van der Waals surface area contributed by atoms with Crippen molar-refractivity contribution in [1.82, 2.24) is 10.3 Å². The molecule has 1 heterocycles. The van der Waals surface area contributed by atoms with E-state index < -0.39 is 0 Å². The number of pyridine rings is 1. The van der Waals surface area contributed by atoms with Gasteiger partial charge in [-0.1, -0.05) is 42.5 Å². The van der Waals surface area contributed by atoms with Crippen molar-refractivity contribution in [3.8, 4) is 5.75 Å². The second-order valence-corrected chi connectivity index (χ2v) is 7.55. The normalized spacial score (nSPS) is 10.6. The molecule has 0 atom stereocenters. The van der Waals surface area contributed by atoms with E-state index in [4.69, 9.17) is 4.74 Å². The highest BCUT2D eigenvalue weighted by Crippen LogP contribution is 2.14. The van der Waals surface area contributed by atoms with E-state index in [1.54, 1.807) is 12.4 Å². The quantitative estimate of drug-likeness (QED) is 0.451. The van der Waals surface area contributed by atoms with Crippen LogP contribution in [0, 0.1) is 6.92 Å². The van der Waals surface area contributed by atoms with Crippen LogP contribution in [-0.2, 0) is 12.8 Å². The molecule has 4 heteroatoms. The second-order valence-electron chi connectivity index (χ2n) is 7.55. The molecule has 0 saturated heterocycles. The number of nitrogens with one attached hydrogen (secondary N) is 1. The smallest absolute Gasteiger partial charge is 0.252 e. The number of nitrogens with zero attached hydrogens (tertiary/aromatic N) is 1. The van der Waals surface area contributed by atoms with Crippen LogP contribution in [0.1, 0.15) is 46.3 Å². The van der Waals surface area contributed by atoms with Gasteiger partial charge in [0.15, 0.2) is 0 Å². The molecule has 0 saturated carbocycles. The summed E-state index contributed by atoms with van der Waals surface area (Å²) in [7, 11) is 0. The van der Waals surface area contributed by atoms with E-state index in [9.17, 15) is 4.79 Å². The predicted octanol–water partition coefficient (Wildman–Crippen LogP) is 5.15. The molecule has 0 bridgehead atoms. The Bertz CT molecular complexity index is 908. The minimum atomic E-state index is -0.0848. The van der Waals surface area contributed by atoms with E-state index >= 15 is 0 Å². The Morgan fingerprint density at radius 2 is 1.67 bits per heavy atom. The Kier molecular flexibility index (Phi) is 8.46. The van der Waals surface area contributed by atoms with Gasteiger partial charge in [-0.25, -0.2) is 0 Å². The number of benzene rings is 2. The van der Waals surface area contributed by atoms with E-state index in [1.165, 1.54) is 24.0 Å². The number of ether oxygens (including phenoxy) is 1. The van der Waals surface area contributed by atoms with Crippen molar-refractivity contribution in [3.63, 3.8) is 0 Å².